The van der Waals surface area contributed by atoms with Crippen molar-refractivity contribution in [3.8, 4) is 0 Å². The van der Waals surface area contributed by atoms with Crippen LogP contribution in [-0.2, 0) is 9.84 Å². The number of carbonyl (C=O) groups excluding carboxylic acids is 1. The lowest BCUT2D eigenvalue weighted by atomic mass is 10.0. The molecule has 25 heavy (non-hydrogen) atoms. The number of fused-ring (bicyclic) bond motifs is 1. The van der Waals surface area contributed by atoms with Crippen LogP contribution in [0.15, 0.2) is 24.3 Å². The lowest BCUT2D eigenvalue weighted by Gasteiger charge is -2.28. The molecule has 3 heterocycles. The van der Waals surface area contributed by atoms with Crippen molar-refractivity contribution >= 4 is 21.4 Å². The van der Waals surface area contributed by atoms with E-state index in [4.69, 9.17) is 0 Å². The first kappa shape index (κ1) is 16.1. The van der Waals surface area contributed by atoms with Gasteiger partial charge in [0.2, 0.25) is 0 Å². The molecule has 1 aromatic heterocycles. The topological polar surface area (TPSA) is 93.1 Å². The minimum atomic E-state index is -2.98. The van der Waals surface area contributed by atoms with E-state index in [-0.39, 0.29) is 29.6 Å². The summed E-state index contributed by atoms with van der Waals surface area (Å²) in [6, 6.07) is 7.23. The molecule has 2 N–H and O–H groups in total. The van der Waals surface area contributed by atoms with E-state index < -0.39 is 9.84 Å². The highest BCUT2D eigenvalue weighted by molar-refractivity contribution is 7.91. The van der Waals surface area contributed by atoms with Crippen LogP contribution in [0.5, 0.6) is 0 Å². The number of hydrogen-bond donors (Lipinski definition) is 2. The van der Waals surface area contributed by atoms with Crippen LogP contribution in [0, 0.1) is 13.8 Å². The summed E-state index contributed by atoms with van der Waals surface area (Å²) in [5.41, 5.74) is 3.97. The number of sulfone groups is 1. The minimum absolute atomic E-state index is 0.127. The maximum absolute atomic E-state index is 12.4. The highest BCUT2D eigenvalue weighted by Crippen LogP contribution is 2.32. The number of amides is 1. The third-order valence-electron chi connectivity index (χ3n) is 4.97. The zero-order valence-electron chi connectivity index (χ0n) is 14.1. The Morgan fingerprint density at radius 2 is 1.96 bits per heavy atom. The summed E-state index contributed by atoms with van der Waals surface area (Å²) in [5.74, 6) is 0.202. The molecule has 0 saturated carbocycles. The van der Waals surface area contributed by atoms with E-state index in [9.17, 15) is 13.2 Å². The number of carbonyl (C=O) groups is 1. The van der Waals surface area contributed by atoms with Gasteiger partial charge in [-0.1, -0.05) is 12.1 Å². The van der Waals surface area contributed by atoms with Crippen molar-refractivity contribution in [1.82, 2.24) is 15.1 Å². The molecule has 2 atom stereocenters. The van der Waals surface area contributed by atoms with E-state index in [2.05, 4.69) is 15.7 Å². The first-order valence-electron chi connectivity index (χ1n) is 8.28. The lowest BCUT2D eigenvalue weighted by Crippen LogP contribution is -2.39. The molecule has 1 fully saturated rings. The molecule has 8 heteroatoms. The van der Waals surface area contributed by atoms with Crippen LogP contribution in [-0.4, -0.2) is 35.6 Å². The average Bonchev–Trinajstić information content (AvgIpc) is 3.06. The number of benzene rings is 1. The Labute approximate surface area is 146 Å². The molecule has 0 bridgehead atoms. The zero-order chi connectivity index (χ0) is 17.8. The largest absolute Gasteiger partial charge is 0.361 e. The van der Waals surface area contributed by atoms with Crippen LogP contribution in [0.2, 0.25) is 0 Å². The van der Waals surface area contributed by atoms with Gasteiger partial charge in [-0.05, 0) is 32.4 Å². The second-order valence-corrected chi connectivity index (χ2v) is 8.91. The summed E-state index contributed by atoms with van der Waals surface area (Å²) >= 11 is 0. The van der Waals surface area contributed by atoms with Gasteiger partial charge in [-0.15, -0.1) is 0 Å². The number of nitrogens with zero attached hydrogens (tertiary/aromatic N) is 2. The van der Waals surface area contributed by atoms with Crippen molar-refractivity contribution in [1.29, 1.82) is 0 Å². The van der Waals surface area contributed by atoms with E-state index in [0.29, 0.717) is 12.0 Å². The van der Waals surface area contributed by atoms with E-state index >= 15 is 0 Å². The number of nitrogens with one attached hydrogen (secondary N) is 2. The molecule has 0 radical (unpaired) electrons. The summed E-state index contributed by atoms with van der Waals surface area (Å²) in [5, 5.41) is 10.9. The summed E-state index contributed by atoms with van der Waals surface area (Å²) < 4.78 is 25.4. The van der Waals surface area contributed by atoms with Crippen LogP contribution in [0.25, 0.3) is 0 Å². The molecule has 2 aliphatic heterocycles. The predicted octanol–water partition coefficient (Wildman–Crippen LogP) is 1.71. The van der Waals surface area contributed by atoms with Gasteiger partial charge in [-0.25, -0.2) is 8.42 Å². The molecule has 2 aromatic rings. The summed E-state index contributed by atoms with van der Waals surface area (Å²) in [6.45, 7) is 3.81. The van der Waals surface area contributed by atoms with Gasteiger partial charge < -0.3 is 10.6 Å². The van der Waals surface area contributed by atoms with Crippen LogP contribution < -0.4 is 10.6 Å². The van der Waals surface area contributed by atoms with Crippen molar-refractivity contribution in [3.63, 3.8) is 0 Å². The third kappa shape index (κ3) is 2.70. The summed E-state index contributed by atoms with van der Waals surface area (Å²) in [6.07, 6.45) is 0.200. The second kappa shape index (κ2) is 5.59. The van der Waals surface area contributed by atoms with Crippen LogP contribution in [0.3, 0.4) is 0 Å². The van der Waals surface area contributed by atoms with Gasteiger partial charge in [0, 0.05) is 16.9 Å². The molecule has 1 saturated heterocycles. The molecular weight excluding hydrogens is 340 g/mol. The normalized spacial score (nSPS) is 24.5. The van der Waals surface area contributed by atoms with Crippen molar-refractivity contribution < 1.29 is 13.2 Å². The number of para-hydroxylation sites is 1. The monoisotopic (exact) mass is 360 g/mol. The molecule has 0 aliphatic carbocycles. The quantitative estimate of drug-likeness (QED) is 0.850. The number of hydrogen-bond acceptors (Lipinski definition) is 5. The minimum Gasteiger partial charge on any atom is -0.361 e. The molecule has 132 valence electrons. The molecule has 0 spiro atoms. The van der Waals surface area contributed by atoms with Gasteiger partial charge in [-0.2, -0.15) is 5.10 Å². The van der Waals surface area contributed by atoms with Gasteiger partial charge in [0.25, 0.3) is 5.91 Å². The Bertz CT molecular complexity index is 964. The Morgan fingerprint density at radius 1 is 1.20 bits per heavy atom. The van der Waals surface area contributed by atoms with E-state index in [0.717, 1.165) is 22.6 Å². The molecule has 2 unspecified atom stereocenters. The second-order valence-electron chi connectivity index (χ2n) is 6.68. The van der Waals surface area contributed by atoms with Crippen molar-refractivity contribution in [2.75, 3.05) is 16.8 Å². The third-order valence-corrected chi connectivity index (χ3v) is 6.72. The van der Waals surface area contributed by atoms with Crippen LogP contribution in [0.4, 0.5) is 5.69 Å². The predicted molar refractivity (Wildman–Crippen MR) is 94.3 cm³/mol. The van der Waals surface area contributed by atoms with E-state index in [1.807, 2.05) is 36.7 Å². The number of rotatable bonds is 2. The van der Waals surface area contributed by atoms with Crippen LogP contribution in [0.1, 0.15) is 45.9 Å². The summed E-state index contributed by atoms with van der Waals surface area (Å²) in [4.78, 5) is 12.4. The van der Waals surface area contributed by atoms with Gasteiger partial charge in [0.15, 0.2) is 9.84 Å². The Hall–Kier alpha value is -2.35. The van der Waals surface area contributed by atoms with Gasteiger partial charge in [-0.3, -0.25) is 9.48 Å². The van der Waals surface area contributed by atoms with E-state index in [1.54, 1.807) is 6.07 Å². The zero-order valence-corrected chi connectivity index (χ0v) is 14.9. The molecule has 7 nitrogen and oxygen atoms in total. The molecular formula is C17H20N4O3S. The SMILES string of the molecule is Cc1nn(C2CCS(=O)(=O)C2)c(C)c1C1NC(=O)c2ccccc2N1. The van der Waals surface area contributed by atoms with Gasteiger partial charge in [0.1, 0.15) is 6.17 Å². The number of anilines is 1. The van der Waals surface area contributed by atoms with Crippen molar-refractivity contribution in [2.45, 2.75) is 32.5 Å². The Morgan fingerprint density at radius 3 is 2.68 bits per heavy atom. The number of aryl methyl sites for hydroxylation is 1. The number of aromatic nitrogens is 2. The highest BCUT2D eigenvalue weighted by Gasteiger charge is 2.34. The lowest BCUT2D eigenvalue weighted by molar-refractivity contribution is 0.0935. The maximum Gasteiger partial charge on any atom is 0.255 e. The fourth-order valence-electron chi connectivity index (χ4n) is 3.77. The molecule has 2 aliphatic rings. The summed E-state index contributed by atoms with van der Waals surface area (Å²) in [7, 11) is -2.98. The van der Waals surface area contributed by atoms with E-state index in [1.165, 1.54) is 0 Å². The van der Waals surface area contributed by atoms with Gasteiger partial charge >= 0.3 is 0 Å². The fraction of sp³-hybridized carbons (Fsp3) is 0.412. The first-order chi connectivity index (χ1) is 11.9. The first-order valence-corrected chi connectivity index (χ1v) is 10.1. The standard InChI is InChI=1S/C17H20N4O3S/c1-10-15(11(2)21(20-10)12-7-8-25(23,24)9-12)16-18-14-6-4-3-5-13(14)17(22)19-16/h3-6,12,16,18H,7-9H2,1-2H3,(H,19,22). The van der Waals surface area contributed by atoms with Crippen LogP contribution >= 0.6 is 0 Å². The highest BCUT2D eigenvalue weighted by atomic mass is 32.2. The fourth-order valence-corrected chi connectivity index (χ4v) is 5.46. The Kier molecular flexibility index (Phi) is 3.61. The molecule has 4 rings (SSSR count). The average molecular weight is 360 g/mol. The molecule has 1 aromatic carbocycles. The smallest absolute Gasteiger partial charge is 0.255 e. The van der Waals surface area contributed by atoms with Gasteiger partial charge in [0.05, 0.1) is 28.8 Å². The maximum atomic E-state index is 12.4. The van der Waals surface area contributed by atoms with Crippen molar-refractivity contribution in [2.24, 2.45) is 0 Å². The van der Waals surface area contributed by atoms with Crippen molar-refractivity contribution in [3.05, 3.63) is 46.8 Å². The Balaban J connectivity index is 1.69. The molecule has 1 amide bonds.